The van der Waals surface area contributed by atoms with Crippen molar-refractivity contribution in [1.29, 1.82) is 0 Å². The van der Waals surface area contributed by atoms with E-state index in [1.807, 2.05) is 0 Å². The Morgan fingerprint density at radius 2 is 1.89 bits per heavy atom. The van der Waals surface area contributed by atoms with E-state index in [4.69, 9.17) is 9.15 Å². The molecule has 0 saturated carbocycles. The molecule has 1 aromatic heterocycles. The van der Waals surface area contributed by atoms with E-state index in [0.717, 1.165) is 37.0 Å². The van der Waals surface area contributed by atoms with Crippen LogP contribution in [0.5, 0.6) is 5.75 Å². The highest BCUT2D eigenvalue weighted by molar-refractivity contribution is 5.78. The fraction of sp³-hybridized carbons (Fsp3) is 0.438. The van der Waals surface area contributed by atoms with E-state index >= 15 is 0 Å². The van der Waals surface area contributed by atoms with Gasteiger partial charge in [-0.3, -0.25) is 4.79 Å². The van der Waals surface area contributed by atoms with Crippen LogP contribution in [0.1, 0.15) is 38.0 Å². The second-order valence-corrected chi connectivity index (χ2v) is 4.70. The molecular weight excluding hydrogens is 240 g/mol. The molecule has 1 heterocycles. The summed E-state index contributed by atoms with van der Waals surface area (Å²) in [5.41, 5.74) is 1.56. The first-order valence-corrected chi connectivity index (χ1v) is 6.83. The molecule has 0 amide bonds. The zero-order valence-electron chi connectivity index (χ0n) is 11.8. The average molecular weight is 260 g/mol. The van der Waals surface area contributed by atoms with Crippen molar-refractivity contribution >= 4 is 11.0 Å². The maximum atomic E-state index is 12.5. The third-order valence-corrected chi connectivity index (χ3v) is 3.25. The van der Waals surface area contributed by atoms with Crippen molar-refractivity contribution in [2.24, 2.45) is 0 Å². The summed E-state index contributed by atoms with van der Waals surface area (Å²) in [5.74, 6) is 1.54. The van der Waals surface area contributed by atoms with Gasteiger partial charge in [0.2, 0.25) is 0 Å². The molecule has 0 atom stereocenters. The predicted octanol–water partition coefficient (Wildman–Crippen LogP) is 3.71. The Labute approximate surface area is 113 Å². The number of methoxy groups -OCH3 is 1. The predicted molar refractivity (Wildman–Crippen MR) is 77.0 cm³/mol. The number of fused-ring (bicyclic) bond motifs is 1. The van der Waals surface area contributed by atoms with Crippen molar-refractivity contribution < 1.29 is 9.15 Å². The minimum absolute atomic E-state index is 0.106. The number of hydrogen-bond acceptors (Lipinski definition) is 3. The van der Waals surface area contributed by atoms with Gasteiger partial charge in [-0.05, 0) is 25.0 Å². The van der Waals surface area contributed by atoms with Crippen molar-refractivity contribution in [1.82, 2.24) is 0 Å². The van der Waals surface area contributed by atoms with Gasteiger partial charge in [0, 0.05) is 18.1 Å². The average Bonchev–Trinajstić information content (AvgIpc) is 2.42. The van der Waals surface area contributed by atoms with Gasteiger partial charge in [-0.25, -0.2) is 0 Å². The number of aryl methyl sites for hydroxylation is 1. The number of rotatable bonds is 5. The summed E-state index contributed by atoms with van der Waals surface area (Å²) in [6, 6.07) is 5.37. The van der Waals surface area contributed by atoms with Gasteiger partial charge in [0.05, 0.1) is 12.5 Å². The Balaban J connectivity index is 2.69. The van der Waals surface area contributed by atoms with Gasteiger partial charge in [-0.2, -0.15) is 0 Å². The van der Waals surface area contributed by atoms with Crippen molar-refractivity contribution in [2.45, 2.75) is 39.5 Å². The van der Waals surface area contributed by atoms with Crippen LogP contribution in [-0.2, 0) is 12.8 Å². The van der Waals surface area contributed by atoms with E-state index in [1.165, 1.54) is 0 Å². The fourth-order valence-electron chi connectivity index (χ4n) is 2.32. The Morgan fingerprint density at radius 3 is 2.53 bits per heavy atom. The minimum atomic E-state index is 0.106. The van der Waals surface area contributed by atoms with Gasteiger partial charge >= 0.3 is 0 Å². The summed E-state index contributed by atoms with van der Waals surface area (Å²) in [6.45, 7) is 4.17. The lowest BCUT2D eigenvalue weighted by atomic mass is 10.0. The van der Waals surface area contributed by atoms with Crippen LogP contribution < -0.4 is 10.2 Å². The van der Waals surface area contributed by atoms with Crippen LogP contribution in [-0.4, -0.2) is 7.11 Å². The molecule has 0 aliphatic rings. The summed E-state index contributed by atoms with van der Waals surface area (Å²) in [5, 5.41) is 0.643. The van der Waals surface area contributed by atoms with E-state index in [9.17, 15) is 4.79 Å². The zero-order valence-corrected chi connectivity index (χ0v) is 11.8. The lowest BCUT2D eigenvalue weighted by Gasteiger charge is -2.09. The van der Waals surface area contributed by atoms with Crippen LogP contribution in [0, 0.1) is 0 Å². The van der Waals surface area contributed by atoms with Crippen LogP contribution in [0.25, 0.3) is 11.0 Å². The normalized spacial score (nSPS) is 10.9. The summed E-state index contributed by atoms with van der Waals surface area (Å²) in [6.07, 6.45) is 3.50. The molecule has 1 aromatic carbocycles. The Kier molecular flexibility index (Phi) is 4.25. The summed E-state index contributed by atoms with van der Waals surface area (Å²) < 4.78 is 11.1. The van der Waals surface area contributed by atoms with Crippen LogP contribution in [0.15, 0.2) is 27.4 Å². The van der Waals surface area contributed by atoms with E-state index in [-0.39, 0.29) is 5.43 Å². The largest absolute Gasteiger partial charge is 0.497 e. The van der Waals surface area contributed by atoms with Gasteiger partial charge in [0.1, 0.15) is 17.1 Å². The molecule has 102 valence electrons. The Morgan fingerprint density at radius 1 is 1.16 bits per heavy atom. The van der Waals surface area contributed by atoms with Gasteiger partial charge < -0.3 is 9.15 Å². The third-order valence-electron chi connectivity index (χ3n) is 3.25. The molecule has 0 saturated heterocycles. The number of ether oxygens (including phenoxy) is 1. The van der Waals surface area contributed by atoms with E-state index in [1.54, 1.807) is 25.3 Å². The topological polar surface area (TPSA) is 39.4 Å². The van der Waals surface area contributed by atoms with Crippen molar-refractivity contribution in [3.63, 3.8) is 0 Å². The number of benzene rings is 1. The van der Waals surface area contributed by atoms with E-state index in [0.29, 0.717) is 16.7 Å². The molecule has 0 bridgehead atoms. The van der Waals surface area contributed by atoms with Crippen molar-refractivity contribution in [2.75, 3.05) is 7.11 Å². The van der Waals surface area contributed by atoms with Crippen molar-refractivity contribution in [3.8, 4) is 5.75 Å². The van der Waals surface area contributed by atoms with Crippen LogP contribution >= 0.6 is 0 Å². The van der Waals surface area contributed by atoms with Gasteiger partial charge in [0.25, 0.3) is 0 Å². The summed E-state index contributed by atoms with van der Waals surface area (Å²) >= 11 is 0. The molecule has 0 unspecified atom stereocenters. The monoisotopic (exact) mass is 260 g/mol. The lowest BCUT2D eigenvalue weighted by molar-refractivity contribution is 0.413. The minimum Gasteiger partial charge on any atom is -0.497 e. The summed E-state index contributed by atoms with van der Waals surface area (Å²) in [7, 11) is 1.61. The first kappa shape index (κ1) is 13.7. The molecule has 0 spiro atoms. The van der Waals surface area contributed by atoms with Gasteiger partial charge in [-0.1, -0.05) is 20.3 Å². The molecule has 2 rings (SSSR count). The first-order chi connectivity index (χ1) is 9.21. The Bertz CT molecular complexity index is 626. The molecule has 0 aliphatic carbocycles. The standard InChI is InChI=1S/C16H20O3/c1-4-6-12-14(7-5-2)19-15-10-11(18-3)8-9-13(15)16(12)17/h8-10H,4-7H2,1-3H3. The highest BCUT2D eigenvalue weighted by atomic mass is 16.5. The van der Waals surface area contributed by atoms with Crippen LogP contribution in [0.4, 0.5) is 0 Å². The SMILES string of the molecule is CCCc1oc2cc(OC)ccc2c(=O)c1CCC. The molecule has 3 nitrogen and oxygen atoms in total. The number of hydrogen-bond donors (Lipinski definition) is 0. The molecule has 0 fully saturated rings. The van der Waals surface area contributed by atoms with Crippen LogP contribution in [0.3, 0.4) is 0 Å². The molecular formula is C16H20O3. The molecule has 0 aliphatic heterocycles. The molecule has 19 heavy (non-hydrogen) atoms. The van der Waals surface area contributed by atoms with Crippen LogP contribution in [0.2, 0.25) is 0 Å². The second kappa shape index (κ2) is 5.91. The highest BCUT2D eigenvalue weighted by Gasteiger charge is 2.13. The highest BCUT2D eigenvalue weighted by Crippen LogP contribution is 2.22. The lowest BCUT2D eigenvalue weighted by Crippen LogP contribution is -2.13. The molecule has 0 radical (unpaired) electrons. The zero-order chi connectivity index (χ0) is 13.8. The quantitative estimate of drug-likeness (QED) is 0.822. The van der Waals surface area contributed by atoms with E-state index in [2.05, 4.69) is 13.8 Å². The van der Waals surface area contributed by atoms with Gasteiger partial charge in [0.15, 0.2) is 5.43 Å². The molecule has 2 aromatic rings. The third kappa shape index (κ3) is 2.65. The van der Waals surface area contributed by atoms with Crippen molar-refractivity contribution in [3.05, 3.63) is 39.7 Å². The summed E-state index contributed by atoms with van der Waals surface area (Å²) in [4.78, 5) is 12.5. The maximum absolute atomic E-state index is 12.5. The van der Waals surface area contributed by atoms with Gasteiger partial charge in [-0.15, -0.1) is 0 Å². The Hall–Kier alpha value is -1.77. The smallest absolute Gasteiger partial charge is 0.196 e. The molecule has 0 N–H and O–H groups in total. The first-order valence-electron chi connectivity index (χ1n) is 6.83. The second-order valence-electron chi connectivity index (χ2n) is 4.70. The fourth-order valence-corrected chi connectivity index (χ4v) is 2.32. The van der Waals surface area contributed by atoms with E-state index < -0.39 is 0 Å². The molecule has 3 heteroatoms. The maximum Gasteiger partial charge on any atom is 0.196 e.